The summed E-state index contributed by atoms with van der Waals surface area (Å²) in [6.45, 7) is 0.390. The SMILES string of the molecule is NC(=O)C1c2ccccc2CC(=O)N1Cc1ccccc1. The van der Waals surface area contributed by atoms with Gasteiger partial charge in [-0.25, -0.2) is 0 Å². The minimum Gasteiger partial charge on any atom is -0.368 e. The van der Waals surface area contributed by atoms with Crippen LogP contribution in [-0.4, -0.2) is 16.7 Å². The number of nitrogens with zero attached hydrogens (tertiary/aromatic N) is 1. The minimum atomic E-state index is -0.692. The van der Waals surface area contributed by atoms with E-state index in [0.29, 0.717) is 13.0 Å². The van der Waals surface area contributed by atoms with E-state index in [0.717, 1.165) is 16.7 Å². The zero-order valence-electron chi connectivity index (χ0n) is 11.5. The second-order valence-electron chi connectivity index (χ2n) is 5.19. The quantitative estimate of drug-likeness (QED) is 0.931. The van der Waals surface area contributed by atoms with E-state index in [1.807, 2.05) is 54.6 Å². The lowest BCUT2D eigenvalue weighted by molar-refractivity contribution is -0.141. The smallest absolute Gasteiger partial charge is 0.244 e. The van der Waals surface area contributed by atoms with Crippen molar-refractivity contribution in [1.82, 2.24) is 4.90 Å². The van der Waals surface area contributed by atoms with Crippen molar-refractivity contribution in [3.63, 3.8) is 0 Å². The zero-order valence-corrected chi connectivity index (χ0v) is 11.5. The van der Waals surface area contributed by atoms with Gasteiger partial charge in [0.25, 0.3) is 0 Å². The Labute approximate surface area is 123 Å². The molecule has 106 valence electrons. The molecule has 0 aliphatic carbocycles. The number of amides is 2. The first-order valence-corrected chi connectivity index (χ1v) is 6.87. The lowest BCUT2D eigenvalue weighted by Crippen LogP contribution is -2.45. The highest BCUT2D eigenvalue weighted by Crippen LogP contribution is 2.31. The van der Waals surface area contributed by atoms with Gasteiger partial charge in [-0.05, 0) is 16.7 Å². The number of primary amides is 1. The normalized spacial score (nSPS) is 17.4. The van der Waals surface area contributed by atoms with Crippen LogP contribution in [0, 0.1) is 0 Å². The molecule has 2 aromatic rings. The first-order valence-electron chi connectivity index (χ1n) is 6.87. The molecular weight excluding hydrogens is 264 g/mol. The molecule has 1 aliphatic rings. The minimum absolute atomic E-state index is 0.0682. The number of hydrogen-bond donors (Lipinski definition) is 1. The van der Waals surface area contributed by atoms with Gasteiger partial charge in [0.15, 0.2) is 0 Å². The van der Waals surface area contributed by atoms with Crippen molar-refractivity contribution in [3.05, 3.63) is 71.3 Å². The molecule has 0 spiro atoms. The molecule has 0 radical (unpaired) electrons. The van der Waals surface area contributed by atoms with Crippen LogP contribution in [0.4, 0.5) is 0 Å². The van der Waals surface area contributed by atoms with E-state index in [-0.39, 0.29) is 5.91 Å². The van der Waals surface area contributed by atoms with Gasteiger partial charge in [0, 0.05) is 6.54 Å². The third-order valence-electron chi connectivity index (χ3n) is 3.79. The van der Waals surface area contributed by atoms with Crippen molar-refractivity contribution < 1.29 is 9.59 Å². The molecule has 1 aliphatic heterocycles. The summed E-state index contributed by atoms with van der Waals surface area (Å²) in [7, 11) is 0. The number of carbonyl (C=O) groups is 2. The monoisotopic (exact) mass is 280 g/mol. The first kappa shape index (κ1) is 13.4. The Morgan fingerprint density at radius 2 is 1.76 bits per heavy atom. The Morgan fingerprint density at radius 1 is 1.10 bits per heavy atom. The van der Waals surface area contributed by atoms with Gasteiger partial charge in [0.1, 0.15) is 6.04 Å². The van der Waals surface area contributed by atoms with E-state index in [1.165, 1.54) is 0 Å². The summed E-state index contributed by atoms with van der Waals surface area (Å²) >= 11 is 0. The van der Waals surface area contributed by atoms with E-state index >= 15 is 0 Å². The molecule has 3 rings (SSSR count). The number of fused-ring (bicyclic) bond motifs is 1. The Hall–Kier alpha value is -2.62. The summed E-state index contributed by atoms with van der Waals surface area (Å²) in [6.07, 6.45) is 0.312. The molecule has 1 atom stereocenters. The summed E-state index contributed by atoms with van der Waals surface area (Å²) in [4.78, 5) is 25.9. The second kappa shape index (κ2) is 5.40. The molecule has 0 aromatic heterocycles. The van der Waals surface area contributed by atoms with E-state index in [9.17, 15) is 9.59 Å². The van der Waals surface area contributed by atoms with Crippen LogP contribution in [0.3, 0.4) is 0 Å². The Morgan fingerprint density at radius 3 is 2.48 bits per heavy atom. The van der Waals surface area contributed by atoms with Crippen LogP contribution in [-0.2, 0) is 22.6 Å². The maximum atomic E-state index is 12.4. The molecule has 4 nitrogen and oxygen atoms in total. The molecule has 4 heteroatoms. The van der Waals surface area contributed by atoms with Gasteiger partial charge in [-0.3, -0.25) is 9.59 Å². The fraction of sp³-hybridized carbons (Fsp3) is 0.176. The highest BCUT2D eigenvalue weighted by Gasteiger charge is 2.35. The van der Waals surface area contributed by atoms with Crippen molar-refractivity contribution in [2.75, 3.05) is 0 Å². The molecular formula is C17H16N2O2. The van der Waals surface area contributed by atoms with Crippen LogP contribution in [0.15, 0.2) is 54.6 Å². The fourth-order valence-corrected chi connectivity index (χ4v) is 2.80. The molecule has 1 heterocycles. The van der Waals surface area contributed by atoms with Crippen molar-refractivity contribution in [2.45, 2.75) is 19.0 Å². The van der Waals surface area contributed by atoms with Gasteiger partial charge < -0.3 is 10.6 Å². The molecule has 0 fully saturated rings. The van der Waals surface area contributed by atoms with Crippen LogP contribution in [0.1, 0.15) is 22.7 Å². The second-order valence-corrected chi connectivity index (χ2v) is 5.19. The fourth-order valence-electron chi connectivity index (χ4n) is 2.80. The van der Waals surface area contributed by atoms with E-state index in [2.05, 4.69) is 0 Å². The van der Waals surface area contributed by atoms with Crippen molar-refractivity contribution in [1.29, 1.82) is 0 Å². The first-order chi connectivity index (χ1) is 10.2. The highest BCUT2D eigenvalue weighted by atomic mass is 16.2. The summed E-state index contributed by atoms with van der Waals surface area (Å²) in [5, 5.41) is 0. The average molecular weight is 280 g/mol. The third-order valence-corrected chi connectivity index (χ3v) is 3.79. The number of rotatable bonds is 3. The van der Waals surface area contributed by atoms with Gasteiger partial charge in [0.05, 0.1) is 6.42 Å². The van der Waals surface area contributed by atoms with Gasteiger partial charge in [-0.2, -0.15) is 0 Å². The number of benzene rings is 2. The zero-order chi connectivity index (χ0) is 14.8. The summed E-state index contributed by atoms with van der Waals surface area (Å²) in [5.41, 5.74) is 8.26. The number of carbonyl (C=O) groups excluding carboxylic acids is 2. The van der Waals surface area contributed by atoms with Crippen LogP contribution in [0.25, 0.3) is 0 Å². The Balaban J connectivity index is 1.99. The largest absolute Gasteiger partial charge is 0.368 e. The molecule has 0 saturated carbocycles. The van der Waals surface area contributed by atoms with Gasteiger partial charge >= 0.3 is 0 Å². The van der Waals surface area contributed by atoms with E-state index in [4.69, 9.17) is 5.73 Å². The van der Waals surface area contributed by atoms with E-state index in [1.54, 1.807) is 4.90 Å². The molecule has 21 heavy (non-hydrogen) atoms. The lowest BCUT2D eigenvalue weighted by atomic mass is 9.91. The lowest BCUT2D eigenvalue weighted by Gasteiger charge is -2.35. The van der Waals surface area contributed by atoms with Crippen LogP contribution in [0.2, 0.25) is 0 Å². The summed E-state index contributed by atoms with van der Waals surface area (Å²) < 4.78 is 0. The van der Waals surface area contributed by atoms with Gasteiger partial charge in [0.2, 0.25) is 11.8 Å². The van der Waals surface area contributed by atoms with Gasteiger partial charge in [-0.1, -0.05) is 54.6 Å². The standard InChI is InChI=1S/C17H16N2O2/c18-17(21)16-14-9-5-4-8-13(14)10-15(20)19(16)11-12-6-2-1-3-7-12/h1-9,16H,10-11H2,(H2,18,21). The maximum Gasteiger partial charge on any atom is 0.244 e. The average Bonchev–Trinajstić information content (AvgIpc) is 2.48. The van der Waals surface area contributed by atoms with Crippen LogP contribution >= 0.6 is 0 Å². The molecule has 0 saturated heterocycles. The Bertz CT molecular complexity index is 682. The van der Waals surface area contributed by atoms with Crippen molar-refractivity contribution in [2.24, 2.45) is 5.73 Å². The van der Waals surface area contributed by atoms with Gasteiger partial charge in [-0.15, -0.1) is 0 Å². The van der Waals surface area contributed by atoms with Crippen LogP contribution in [0.5, 0.6) is 0 Å². The number of nitrogens with two attached hydrogens (primary N) is 1. The molecule has 2 N–H and O–H groups in total. The predicted octanol–water partition coefficient (Wildman–Crippen LogP) is 1.80. The predicted molar refractivity (Wildman–Crippen MR) is 79.1 cm³/mol. The molecule has 1 unspecified atom stereocenters. The number of hydrogen-bond acceptors (Lipinski definition) is 2. The molecule has 2 amide bonds. The van der Waals surface area contributed by atoms with Crippen molar-refractivity contribution >= 4 is 11.8 Å². The summed E-state index contributed by atoms with van der Waals surface area (Å²) in [5.74, 6) is -0.562. The highest BCUT2D eigenvalue weighted by molar-refractivity contribution is 5.91. The maximum absolute atomic E-state index is 12.4. The molecule has 2 aromatic carbocycles. The van der Waals surface area contributed by atoms with Crippen LogP contribution < -0.4 is 5.73 Å². The van der Waals surface area contributed by atoms with E-state index < -0.39 is 11.9 Å². The van der Waals surface area contributed by atoms with Crippen molar-refractivity contribution in [3.8, 4) is 0 Å². The summed E-state index contributed by atoms with van der Waals surface area (Å²) in [6, 6.07) is 16.4. The topological polar surface area (TPSA) is 63.4 Å². The Kier molecular flexibility index (Phi) is 3.44. The molecule has 0 bridgehead atoms. The third kappa shape index (κ3) is 2.52.